The smallest absolute Gasteiger partial charge is 0.287 e. The van der Waals surface area contributed by atoms with Gasteiger partial charge >= 0.3 is 0 Å². The second-order valence-corrected chi connectivity index (χ2v) is 8.62. The average Bonchev–Trinajstić information content (AvgIpc) is 3.28. The number of rotatable bonds is 7. The van der Waals surface area contributed by atoms with Crippen molar-refractivity contribution < 1.29 is 18.7 Å². The highest BCUT2D eigenvalue weighted by Crippen LogP contribution is 2.38. The fourth-order valence-corrected chi connectivity index (χ4v) is 3.61. The van der Waals surface area contributed by atoms with Crippen LogP contribution in [0.1, 0.15) is 54.6 Å². The lowest BCUT2D eigenvalue weighted by atomic mass is 9.82. The summed E-state index contributed by atoms with van der Waals surface area (Å²) in [5, 5.41) is 2.85. The second-order valence-electron chi connectivity index (χ2n) is 8.62. The van der Waals surface area contributed by atoms with Crippen LogP contribution in [0.15, 0.2) is 65.1 Å². The molecular formula is C26H28N2O4. The Morgan fingerprint density at radius 3 is 2.62 bits per heavy atom. The Balaban J connectivity index is 1.50. The van der Waals surface area contributed by atoms with Crippen LogP contribution in [0, 0.1) is 0 Å². The van der Waals surface area contributed by atoms with Crippen molar-refractivity contribution in [1.82, 2.24) is 5.32 Å². The molecule has 2 amide bonds. The quantitative estimate of drug-likeness (QED) is 0.581. The summed E-state index contributed by atoms with van der Waals surface area (Å²) in [5.74, 6) is 0.998. The summed E-state index contributed by atoms with van der Waals surface area (Å²) >= 11 is 0. The van der Waals surface area contributed by atoms with E-state index in [9.17, 15) is 9.59 Å². The molecule has 2 heterocycles. The number of amides is 2. The Kier molecular flexibility index (Phi) is 6.04. The van der Waals surface area contributed by atoms with E-state index in [1.807, 2.05) is 42.5 Å². The number of hydrogen-bond donors (Lipinski definition) is 1. The summed E-state index contributed by atoms with van der Waals surface area (Å²) in [6.07, 6.45) is 0.972. The average molecular weight is 433 g/mol. The van der Waals surface area contributed by atoms with E-state index in [1.54, 1.807) is 17.0 Å². The van der Waals surface area contributed by atoms with Crippen molar-refractivity contribution >= 4 is 17.5 Å². The van der Waals surface area contributed by atoms with Crippen molar-refractivity contribution in [3.63, 3.8) is 0 Å². The van der Waals surface area contributed by atoms with Gasteiger partial charge in [0.2, 0.25) is 0 Å². The van der Waals surface area contributed by atoms with Crippen LogP contribution in [-0.4, -0.2) is 18.4 Å². The van der Waals surface area contributed by atoms with E-state index in [2.05, 4.69) is 32.2 Å². The summed E-state index contributed by atoms with van der Waals surface area (Å²) in [4.78, 5) is 26.8. The Bertz CT molecular complexity index is 1120. The van der Waals surface area contributed by atoms with E-state index in [0.29, 0.717) is 18.1 Å². The summed E-state index contributed by atoms with van der Waals surface area (Å²) in [5.41, 5.74) is 2.86. The zero-order valence-corrected chi connectivity index (χ0v) is 18.7. The number of nitrogens with zero attached hydrogens (tertiary/aromatic N) is 1. The number of carbonyl (C=O) groups is 2. The van der Waals surface area contributed by atoms with Gasteiger partial charge in [-0.05, 0) is 47.2 Å². The molecule has 0 aliphatic carbocycles. The van der Waals surface area contributed by atoms with E-state index in [-0.39, 0.29) is 36.1 Å². The van der Waals surface area contributed by atoms with Gasteiger partial charge in [0, 0.05) is 6.54 Å². The van der Waals surface area contributed by atoms with Crippen molar-refractivity contribution in [2.45, 2.75) is 45.7 Å². The molecule has 0 radical (unpaired) electrons. The molecule has 4 rings (SSSR count). The summed E-state index contributed by atoms with van der Waals surface area (Å²) in [6, 6.07) is 19.1. The summed E-state index contributed by atoms with van der Waals surface area (Å²) < 4.78 is 11.4. The fourth-order valence-electron chi connectivity index (χ4n) is 3.61. The van der Waals surface area contributed by atoms with Gasteiger partial charge in [-0.1, -0.05) is 57.2 Å². The van der Waals surface area contributed by atoms with Gasteiger partial charge in [0.05, 0.1) is 12.2 Å². The first-order valence-corrected chi connectivity index (χ1v) is 10.9. The van der Waals surface area contributed by atoms with Gasteiger partial charge in [0.25, 0.3) is 11.8 Å². The van der Waals surface area contributed by atoms with Gasteiger partial charge in [-0.15, -0.1) is 0 Å². The van der Waals surface area contributed by atoms with E-state index < -0.39 is 0 Å². The van der Waals surface area contributed by atoms with Crippen LogP contribution in [0.2, 0.25) is 0 Å². The zero-order valence-electron chi connectivity index (χ0n) is 18.7. The first kappa shape index (κ1) is 21.7. The highest BCUT2D eigenvalue weighted by atomic mass is 16.5. The molecule has 32 heavy (non-hydrogen) atoms. The zero-order chi connectivity index (χ0) is 22.7. The largest absolute Gasteiger partial charge is 0.482 e. The van der Waals surface area contributed by atoms with Crippen LogP contribution < -0.4 is 15.0 Å². The van der Waals surface area contributed by atoms with Gasteiger partial charge in [-0.25, -0.2) is 0 Å². The Morgan fingerprint density at radius 2 is 1.88 bits per heavy atom. The lowest BCUT2D eigenvalue weighted by Crippen LogP contribution is -2.38. The molecule has 0 fully saturated rings. The van der Waals surface area contributed by atoms with Crippen molar-refractivity contribution in [3.05, 3.63) is 83.3 Å². The van der Waals surface area contributed by atoms with E-state index in [0.717, 1.165) is 23.2 Å². The molecule has 2 aromatic carbocycles. The van der Waals surface area contributed by atoms with Crippen molar-refractivity contribution in [3.8, 4) is 5.75 Å². The molecule has 0 unspecified atom stereocenters. The summed E-state index contributed by atoms with van der Waals surface area (Å²) in [6.45, 7) is 7.13. The molecule has 0 bridgehead atoms. The number of carbonyl (C=O) groups excluding carboxylic acids is 2. The minimum Gasteiger partial charge on any atom is -0.482 e. The number of furan rings is 1. The van der Waals surface area contributed by atoms with Crippen molar-refractivity contribution in [1.29, 1.82) is 0 Å². The van der Waals surface area contributed by atoms with Crippen LogP contribution in [-0.2, 0) is 23.3 Å². The molecular weight excluding hydrogens is 404 g/mol. The first-order valence-electron chi connectivity index (χ1n) is 10.9. The third-order valence-corrected chi connectivity index (χ3v) is 6.06. The van der Waals surface area contributed by atoms with Gasteiger partial charge in [-0.3, -0.25) is 14.5 Å². The number of nitrogens with one attached hydrogen (secondary N) is 1. The highest BCUT2D eigenvalue weighted by molar-refractivity contribution is 5.98. The maximum atomic E-state index is 12.7. The normalized spacial score (nSPS) is 13.5. The molecule has 0 saturated carbocycles. The standard InChI is InChI=1S/C26H28N2O4/c1-4-26(2,3)19-10-12-22-21(14-19)28(24(29)17-31-22)16-20-11-13-23(32-20)25(30)27-15-18-8-6-5-7-9-18/h5-14H,4,15-17H2,1-3H3,(H,27,30). The molecule has 0 spiro atoms. The number of benzene rings is 2. The van der Waals surface area contributed by atoms with Crippen LogP contribution in [0.5, 0.6) is 5.75 Å². The molecule has 0 atom stereocenters. The second kappa shape index (κ2) is 8.91. The predicted octanol–water partition coefficient (Wildman–Crippen LogP) is 4.82. The van der Waals surface area contributed by atoms with Crippen LogP contribution in [0.25, 0.3) is 0 Å². The highest BCUT2D eigenvalue weighted by Gasteiger charge is 2.29. The summed E-state index contributed by atoms with van der Waals surface area (Å²) in [7, 11) is 0. The van der Waals surface area contributed by atoms with Gasteiger partial charge in [0.15, 0.2) is 12.4 Å². The maximum absolute atomic E-state index is 12.7. The van der Waals surface area contributed by atoms with Crippen molar-refractivity contribution in [2.24, 2.45) is 0 Å². The molecule has 3 aromatic rings. The number of hydrogen-bond acceptors (Lipinski definition) is 4. The third-order valence-electron chi connectivity index (χ3n) is 6.06. The maximum Gasteiger partial charge on any atom is 0.287 e. The SMILES string of the molecule is CCC(C)(C)c1ccc2c(c1)N(Cc1ccc(C(=O)NCc3ccccc3)o1)C(=O)CO2. The third kappa shape index (κ3) is 4.54. The molecule has 1 aromatic heterocycles. The monoisotopic (exact) mass is 432 g/mol. The van der Waals surface area contributed by atoms with Gasteiger partial charge in [0.1, 0.15) is 11.5 Å². The molecule has 1 N–H and O–H groups in total. The van der Waals surface area contributed by atoms with Gasteiger partial charge < -0.3 is 14.5 Å². The first-order chi connectivity index (χ1) is 15.4. The van der Waals surface area contributed by atoms with Crippen LogP contribution in [0.4, 0.5) is 5.69 Å². The number of ether oxygens (including phenoxy) is 1. The van der Waals surface area contributed by atoms with Crippen molar-refractivity contribution in [2.75, 3.05) is 11.5 Å². The Labute approximate surface area is 188 Å². The van der Waals surface area contributed by atoms with Crippen LogP contribution >= 0.6 is 0 Å². The Hall–Kier alpha value is -3.54. The lowest BCUT2D eigenvalue weighted by Gasteiger charge is -2.31. The molecule has 6 nitrogen and oxygen atoms in total. The van der Waals surface area contributed by atoms with E-state index in [1.165, 1.54) is 0 Å². The topological polar surface area (TPSA) is 71.8 Å². The molecule has 0 saturated heterocycles. The van der Waals surface area contributed by atoms with E-state index in [4.69, 9.17) is 9.15 Å². The predicted molar refractivity (Wildman–Crippen MR) is 123 cm³/mol. The van der Waals surface area contributed by atoms with Crippen LogP contribution in [0.3, 0.4) is 0 Å². The van der Waals surface area contributed by atoms with Gasteiger partial charge in [-0.2, -0.15) is 0 Å². The Morgan fingerprint density at radius 1 is 1.09 bits per heavy atom. The number of anilines is 1. The lowest BCUT2D eigenvalue weighted by molar-refractivity contribution is -0.121. The fraction of sp³-hybridized carbons (Fsp3) is 0.308. The molecule has 6 heteroatoms. The molecule has 166 valence electrons. The van der Waals surface area contributed by atoms with E-state index >= 15 is 0 Å². The molecule has 1 aliphatic rings. The minimum atomic E-state index is -0.291. The molecule has 1 aliphatic heterocycles. The number of fused-ring (bicyclic) bond motifs is 1. The minimum absolute atomic E-state index is 0.0180.